The lowest BCUT2D eigenvalue weighted by atomic mass is 10.2. The third-order valence-corrected chi connectivity index (χ3v) is 3.30. The van der Waals surface area contributed by atoms with Crippen molar-refractivity contribution in [3.8, 4) is 5.75 Å². The highest BCUT2D eigenvalue weighted by Gasteiger charge is 2.13. The summed E-state index contributed by atoms with van der Waals surface area (Å²) in [6.45, 7) is -0.265. The standard InChI is InChI=1S/C13H12BrN3O4/c1-21-9-2-3-11(14)10(4-9)13(20)16-8-5-15-17(6-8)7-12(18)19/h2-6H,7H2,1H3,(H,16,20)(H,18,19). The fourth-order valence-electron chi connectivity index (χ4n) is 1.66. The number of carboxylic acids is 1. The summed E-state index contributed by atoms with van der Waals surface area (Å²) >= 11 is 3.30. The summed E-state index contributed by atoms with van der Waals surface area (Å²) in [7, 11) is 1.51. The molecule has 0 saturated heterocycles. The van der Waals surface area contributed by atoms with Gasteiger partial charge in [-0.1, -0.05) is 0 Å². The van der Waals surface area contributed by atoms with E-state index < -0.39 is 5.97 Å². The lowest BCUT2D eigenvalue weighted by molar-refractivity contribution is -0.137. The quantitative estimate of drug-likeness (QED) is 0.857. The van der Waals surface area contributed by atoms with Gasteiger partial charge in [0.05, 0.1) is 24.6 Å². The highest BCUT2D eigenvalue weighted by molar-refractivity contribution is 9.10. The molecular formula is C13H12BrN3O4. The second-order valence-electron chi connectivity index (χ2n) is 4.12. The topological polar surface area (TPSA) is 93.5 Å². The zero-order valence-electron chi connectivity index (χ0n) is 11.0. The molecule has 0 radical (unpaired) electrons. The van der Waals surface area contributed by atoms with E-state index in [0.717, 1.165) is 0 Å². The number of carbonyl (C=O) groups excluding carboxylic acids is 1. The Morgan fingerprint density at radius 1 is 1.48 bits per heavy atom. The normalized spacial score (nSPS) is 10.2. The van der Waals surface area contributed by atoms with Gasteiger partial charge >= 0.3 is 5.97 Å². The lowest BCUT2D eigenvalue weighted by Crippen LogP contribution is -2.12. The summed E-state index contributed by atoms with van der Waals surface area (Å²) in [6.07, 6.45) is 2.83. The Bertz CT molecular complexity index is 684. The van der Waals surface area contributed by atoms with Crippen LogP contribution >= 0.6 is 15.9 Å². The molecule has 7 nitrogen and oxygen atoms in total. The molecule has 2 N–H and O–H groups in total. The van der Waals surface area contributed by atoms with Crippen molar-refractivity contribution >= 4 is 33.5 Å². The SMILES string of the molecule is COc1ccc(Br)c(C(=O)Nc2cnn(CC(=O)O)c2)c1. The number of aliphatic carboxylic acids is 1. The maximum absolute atomic E-state index is 12.2. The molecule has 0 atom stereocenters. The molecule has 0 aliphatic heterocycles. The minimum absolute atomic E-state index is 0.265. The number of hydrogen-bond acceptors (Lipinski definition) is 4. The average Bonchev–Trinajstić information content (AvgIpc) is 2.85. The number of aromatic nitrogens is 2. The number of ether oxygens (including phenoxy) is 1. The molecule has 1 aromatic heterocycles. The number of halogens is 1. The summed E-state index contributed by atoms with van der Waals surface area (Å²) < 4.78 is 6.92. The van der Waals surface area contributed by atoms with Crippen LogP contribution < -0.4 is 10.1 Å². The van der Waals surface area contributed by atoms with Crippen LogP contribution in [0.3, 0.4) is 0 Å². The predicted molar refractivity (Wildman–Crippen MR) is 78.5 cm³/mol. The first-order valence-electron chi connectivity index (χ1n) is 5.88. The van der Waals surface area contributed by atoms with Gasteiger partial charge in [0.1, 0.15) is 12.3 Å². The fraction of sp³-hybridized carbons (Fsp3) is 0.154. The van der Waals surface area contributed by atoms with Crippen molar-refractivity contribution in [2.75, 3.05) is 12.4 Å². The summed E-state index contributed by atoms with van der Waals surface area (Å²) in [5, 5.41) is 15.1. The van der Waals surface area contributed by atoms with Crippen LogP contribution in [0.5, 0.6) is 5.75 Å². The third-order valence-electron chi connectivity index (χ3n) is 2.61. The smallest absolute Gasteiger partial charge is 0.325 e. The highest BCUT2D eigenvalue weighted by Crippen LogP contribution is 2.23. The Hall–Kier alpha value is -2.35. The van der Waals surface area contributed by atoms with Crippen LogP contribution in [0, 0.1) is 0 Å². The first-order valence-corrected chi connectivity index (χ1v) is 6.68. The minimum Gasteiger partial charge on any atom is -0.497 e. The molecule has 0 saturated carbocycles. The second kappa shape index (κ2) is 6.40. The number of hydrogen-bond donors (Lipinski definition) is 2. The van der Waals surface area contributed by atoms with Gasteiger partial charge in [0.2, 0.25) is 0 Å². The number of carboxylic acid groups (broad SMARTS) is 1. The van der Waals surface area contributed by atoms with Gasteiger partial charge in [0.25, 0.3) is 5.91 Å². The zero-order chi connectivity index (χ0) is 15.4. The van der Waals surface area contributed by atoms with Gasteiger partial charge in [-0.3, -0.25) is 14.3 Å². The summed E-state index contributed by atoms with van der Waals surface area (Å²) in [5.74, 6) is -0.799. The van der Waals surface area contributed by atoms with E-state index in [1.165, 1.54) is 24.2 Å². The summed E-state index contributed by atoms with van der Waals surface area (Å²) in [6, 6.07) is 5.04. The first-order chi connectivity index (χ1) is 9.99. The minimum atomic E-state index is -1.01. The maximum atomic E-state index is 12.2. The third kappa shape index (κ3) is 3.82. The van der Waals surface area contributed by atoms with E-state index in [-0.39, 0.29) is 12.5 Å². The largest absolute Gasteiger partial charge is 0.497 e. The molecule has 1 heterocycles. The van der Waals surface area contributed by atoms with Crippen LogP contribution in [-0.4, -0.2) is 33.9 Å². The number of nitrogens with one attached hydrogen (secondary N) is 1. The van der Waals surface area contributed by atoms with E-state index in [4.69, 9.17) is 9.84 Å². The van der Waals surface area contributed by atoms with Crippen LogP contribution in [0.4, 0.5) is 5.69 Å². The van der Waals surface area contributed by atoms with Gasteiger partial charge in [0.15, 0.2) is 0 Å². The monoisotopic (exact) mass is 353 g/mol. The van der Waals surface area contributed by atoms with E-state index in [0.29, 0.717) is 21.5 Å². The van der Waals surface area contributed by atoms with Crippen LogP contribution in [-0.2, 0) is 11.3 Å². The first kappa shape index (κ1) is 15.0. The number of benzene rings is 1. The molecule has 21 heavy (non-hydrogen) atoms. The molecule has 0 bridgehead atoms. The fourth-order valence-corrected chi connectivity index (χ4v) is 2.08. The van der Waals surface area contributed by atoms with E-state index in [1.54, 1.807) is 18.2 Å². The van der Waals surface area contributed by atoms with Crippen LogP contribution in [0.15, 0.2) is 35.1 Å². The van der Waals surface area contributed by atoms with E-state index in [1.807, 2.05) is 0 Å². The molecule has 8 heteroatoms. The molecule has 110 valence electrons. The van der Waals surface area contributed by atoms with Crippen molar-refractivity contribution in [2.45, 2.75) is 6.54 Å². The average molecular weight is 354 g/mol. The van der Waals surface area contributed by atoms with Crippen molar-refractivity contribution in [2.24, 2.45) is 0 Å². The van der Waals surface area contributed by atoms with Crippen molar-refractivity contribution in [1.82, 2.24) is 9.78 Å². The molecule has 2 rings (SSSR count). The van der Waals surface area contributed by atoms with Crippen LogP contribution in [0.25, 0.3) is 0 Å². The molecule has 0 aliphatic carbocycles. The molecule has 0 unspecified atom stereocenters. The molecule has 0 fully saturated rings. The number of anilines is 1. The van der Waals surface area contributed by atoms with Crippen molar-refractivity contribution < 1.29 is 19.4 Å². The second-order valence-corrected chi connectivity index (χ2v) is 4.97. The lowest BCUT2D eigenvalue weighted by Gasteiger charge is -2.07. The van der Waals surface area contributed by atoms with Gasteiger partial charge in [-0.05, 0) is 34.1 Å². The van der Waals surface area contributed by atoms with Gasteiger partial charge in [-0.15, -0.1) is 0 Å². The van der Waals surface area contributed by atoms with Crippen molar-refractivity contribution in [3.63, 3.8) is 0 Å². The number of rotatable bonds is 5. The molecule has 0 aliphatic rings. The van der Waals surface area contributed by atoms with E-state index in [9.17, 15) is 9.59 Å². The number of amides is 1. The molecule has 0 spiro atoms. The number of nitrogens with zero attached hydrogens (tertiary/aromatic N) is 2. The Kier molecular flexibility index (Phi) is 4.59. The van der Waals surface area contributed by atoms with Gasteiger partial charge in [-0.2, -0.15) is 5.10 Å². The van der Waals surface area contributed by atoms with E-state index in [2.05, 4.69) is 26.3 Å². The molecule has 1 aromatic carbocycles. The van der Waals surface area contributed by atoms with Crippen molar-refractivity contribution in [1.29, 1.82) is 0 Å². The number of carbonyl (C=O) groups is 2. The summed E-state index contributed by atoms with van der Waals surface area (Å²) in [4.78, 5) is 22.8. The van der Waals surface area contributed by atoms with Gasteiger partial charge < -0.3 is 15.2 Å². The predicted octanol–water partition coefficient (Wildman–Crippen LogP) is 1.99. The molecule has 1 amide bonds. The Labute approximate surface area is 128 Å². The van der Waals surface area contributed by atoms with Gasteiger partial charge in [0, 0.05) is 10.7 Å². The highest BCUT2D eigenvalue weighted by atomic mass is 79.9. The Balaban J connectivity index is 2.14. The zero-order valence-corrected chi connectivity index (χ0v) is 12.6. The number of methoxy groups -OCH3 is 1. The maximum Gasteiger partial charge on any atom is 0.325 e. The molecular weight excluding hydrogens is 342 g/mol. The van der Waals surface area contributed by atoms with Crippen LogP contribution in [0.1, 0.15) is 10.4 Å². The Morgan fingerprint density at radius 3 is 2.90 bits per heavy atom. The summed E-state index contributed by atoms with van der Waals surface area (Å²) in [5.41, 5.74) is 0.816. The van der Waals surface area contributed by atoms with Crippen LogP contribution in [0.2, 0.25) is 0 Å². The van der Waals surface area contributed by atoms with Gasteiger partial charge in [-0.25, -0.2) is 0 Å². The van der Waals surface area contributed by atoms with Crippen molar-refractivity contribution in [3.05, 3.63) is 40.6 Å². The molecule has 2 aromatic rings. The Morgan fingerprint density at radius 2 is 2.24 bits per heavy atom. The van der Waals surface area contributed by atoms with E-state index >= 15 is 0 Å².